The van der Waals surface area contributed by atoms with Gasteiger partial charge >= 0.3 is 11.8 Å². The van der Waals surface area contributed by atoms with Crippen molar-refractivity contribution in [1.82, 2.24) is 15.1 Å². The fraction of sp³-hybridized carbons (Fsp3) is 0.417. The van der Waals surface area contributed by atoms with Crippen molar-refractivity contribution in [2.24, 2.45) is 0 Å². The lowest BCUT2D eigenvalue weighted by atomic mass is 10.0. The Morgan fingerprint density at radius 2 is 1.57 bits per heavy atom. The number of hydrogen-bond acceptors (Lipinski definition) is 4. The second-order valence-corrected chi connectivity index (χ2v) is 8.23. The Balaban J connectivity index is 1.65. The second kappa shape index (κ2) is 9.87. The summed E-state index contributed by atoms with van der Waals surface area (Å²) >= 11 is 0. The number of aryl methyl sites for hydroxylation is 3. The molecule has 2 aromatic rings. The summed E-state index contributed by atoms with van der Waals surface area (Å²) in [6.45, 7) is 10.3. The van der Waals surface area contributed by atoms with E-state index in [4.69, 9.17) is 0 Å². The van der Waals surface area contributed by atoms with Crippen molar-refractivity contribution in [3.63, 3.8) is 0 Å². The minimum atomic E-state index is -0.640. The van der Waals surface area contributed by atoms with Crippen molar-refractivity contribution in [2.45, 2.75) is 26.8 Å². The Bertz CT molecular complexity index is 887. The van der Waals surface area contributed by atoms with E-state index in [1.165, 1.54) is 5.56 Å². The zero-order valence-electron chi connectivity index (χ0n) is 18.4. The largest absolute Gasteiger partial charge is 0.346 e. The monoisotopic (exact) mass is 408 g/mol. The Kier molecular flexibility index (Phi) is 7.24. The first-order valence-corrected chi connectivity index (χ1v) is 10.5. The van der Waals surface area contributed by atoms with Gasteiger partial charge in [-0.1, -0.05) is 35.9 Å². The molecule has 3 rings (SSSR count). The zero-order chi connectivity index (χ0) is 21.7. The van der Waals surface area contributed by atoms with E-state index in [0.29, 0.717) is 12.2 Å². The van der Waals surface area contributed by atoms with Crippen molar-refractivity contribution in [3.05, 3.63) is 64.7 Å². The van der Waals surface area contributed by atoms with Crippen LogP contribution in [0.4, 0.5) is 5.69 Å². The molecule has 1 heterocycles. The molecule has 1 fully saturated rings. The lowest BCUT2D eigenvalue weighted by Gasteiger charge is -2.38. The molecule has 1 saturated heterocycles. The Morgan fingerprint density at radius 3 is 2.20 bits per heavy atom. The molecule has 2 aromatic carbocycles. The van der Waals surface area contributed by atoms with Gasteiger partial charge in [0.1, 0.15) is 0 Å². The molecule has 2 N–H and O–H groups in total. The predicted octanol–water partition coefficient (Wildman–Crippen LogP) is 2.66. The van der Waals surface area contributed by atoms with Crippen LogP contribution in [0.1, 0.15) is 28.3 Å². The molecule has 1 aliphatic heterocycles. The third-order valence-electron chi connectivity index (χ3n) is 5.87. The molecule has 6 heteroatoms. The van der Waals surface area contributed by atoms with E-state index in [0.717, 1.165) is 42.9 Å². The van der Waals surface area contributed by atoms with Crippen molar-refractivity contribution in [2.75, 3.05) is 45.1 Å². The molecule has 1 atom stereocenters. The minimum Gasteiger partial charge on any atom is -0.346 e. The maximum absolute atomic E-state index is 12.5. The van der Waals surface area contributed by atoms with E-state index in [-0.39, 0.29) is 6.04 Å². The summed E-state index contributed by atoms with van der Waals surface area (Å²) in [5, 5.41) is 5.54. The highest BCUT2D eigenvalue weighted by molar-refractivity contribution is 6.39. The highest BCUT2D eigenvalue weighted by Crippen LogP contribution is 2.22. The Morgan fingerprint density at radius 1 is 0.900 bits per heavy atom. The van der Waals surface area contributed by atoms with Crippen LogP contribution in [0.3, 0.4) is 0 Å². The van der Waals surface area contributed by atoms with Gasteiger partial charge in [0.05, 0.1) is 6.04 Å². The predicted molar refractivity (Wildman–Crippen MR) is 121 cm³/mol. The number of carbonyl (C=O) groups is 2. The highest BCUT2D eigenvalue weighted by atomic mass is 16.2. The van der Waals surface area contributed by atoms with E-state index in [1.807, 2.05) is 32.0 Å². The lowest BCUT2D eigenvalue weighted by Crippen LogP contribution is -2.49. The molecule has 0 radical (unpaired) electrons. The number of likely N-dealkylation sites (N-methyl/N-ethyl adjacent to an activating group) is 1. The van der Waals surface area contributed by atoms with Gasteiger partial charge in [0.25, 0.3) is 0 Å². The van der Waals surface area contributed by atoms with Gasteiger partial charge in [-0.2, -0.15) is 0 Å². The maximum atomic E-state index is 12.5. The standard InChI is InChI=1S/C24H32N4O2/c1-17-5-8-20(9-6-17)22(28-13-11-27(4)12-14-28)16-25-23(29)24(30)26-21-10-7-18(2)19(3)15-21/h5-10,15,22H,11-14,16H2,1-4H3,(H,25,29)(H,26,30). The van der Waals surface area contributed by atoms with Crippen LogP contribution in [0.15, 0.2) is 42.5 Å². The minimum absolute atomic E-state index is 0.0395. The topological polar surface area (TPSA) is 64.7 Å². The van der Waals surface area contributed by atoms with Crippen molar-refractivity contribution in [3.8, 4) is 0 Å². The molecular weight excluding hydrogens is 376 g/mol. The third-order valence-corrected chi connectivity index (χ3v) is 5.87. The number of amides is 2. The van der Waals surface area contributed by atoms with E-state index >= 15 is 0 Å². The molecule has 0 aromatic heterocycles. The van der Waals surface area contributed by atoms with Crippen molar-refractivity contribution < 1.29 is 9.59 Å². The average molecular weight is 409 g/mol. The summed E-state index contributed by atoms with van der Waals surface area (Å²) in [5.41, 5.74) is 5.20. The van der Waals surface area contributed by atoms with Gasteiger partial charge in [-0.05, 0) is 56.6 Å². The van der Waals surface area contributed by atoms with Gasteiger partial charge < -0.3 is 15.5 Å². The summed E-state index contributed by atoms with van der Waals surface area (Å²) < 4.78 is 0. The first kappa shape index (κ1) is 22.0. The van der Waals surface area contributed by atoms with Crippen LogP contribution in [0.5, 0.6) is 0 Å². The average Bonchev–Trinajstić information content (AvgIpc) is 2.73. The number of piperazine rings is 1. The van der Waals surface area contributed by atoms with Crippen molar-refractivity contribution in [1.29, 1.82) is 0 Å². The highest BCUT2D eigenvalue weighted by Gasteiger charge is 2.25. The molecule has 0 bridgehead atoms. The summed E-state index contributed by atoms with van der Waals surface area (Å²) in [4.78, 5) is 29.5. The van der Waals surface area contributed by atoms with Crippen LogP contribution in [-0.4, -0.2) is 61.4 Å². The number of hydrogen-bond donors (Lipinski definition) is 2. The van der Waals surface area contributed by atoms with Crippen LogP contribution in [0.2, 0.25) is 0 Å². The van der Waals surface area contributed by atoms with E-state index < -0.39 is 11.8 Å². The lowest BCUT2D eigenvalue weighted by molar-refractivity contribution is -0.136. The molecule has 0 spiro atoms. The van der Waals surface area contributed by atoms with Crippen LogP contribution in [-0.2, 0) is 9.59 Å². The molecule has 6 nitrogen and oxygen atoms in total. The maximum Gasteiger partial charge on any atom is 0.313 e. The molecule has 160 valence electrons. The SMILES string of the molecule is Cc1ccc(C(CNC(=O)C(=O)Nc2ccc(C)c(C)c2)N2CCN(C)CC2)cc1. The molecule has 2 amide bonds. The van der Waals surface area contributed by atoms with Gasteiger partial charge in [0.15, 0.2) is 0 Å². The summed E-state index contributed by atoms with van der Waals surface area (Å²) in [6.07, 6.45) is 0. The smallest absolute Gasteiger partial charge is 0.313 e. The number of carbonyl (C=O) groups excluding carboxylic acids is 2. The van der Waals surface area contributed by atoms with Crippen LogP contribution < -0.4 is 10.6 Å². The van der Waals surface area contributed by atoms with Crippen LogP contribution in [0, 0.1) is 20.8 Å². The fourth-order valence-electron chi connectivity index (χ4n) is 3.66. The van der Waals surface area contributed by atoms with E-state index in [2.05, 4.69) is 58.7 Å². The van der Waals surface area contributed by atoms with Crippen LogP contribution >= 0.6 is 0 Å². The van der Waals surface area contributed by atoms with Crippen LogP contribution in [0.25, 0.3) is 0 Å². The molecule has 0 saturated carbocycles. The number of nitrogens with one attached hydrogen (secondary N) is 2. The van der Waals surface area contributed by atoms with Gasteiger partial charge in [0.2, 0.25) is 0 Å². The third kappa shape index (κ3) is 5.68. The van der Waals surface area contributed by atoms with Gasteiger partial charge in [-0.25, -0.2) is 0 Å². The van der Waals surface area contributed by atoms with Gasteiger partial charge in [-0.15, -0.1) is 0 Å². The molecule has 1 unspecified atom stereocenters. The van der Waals surface area contributed by atoms with Gasteiger partial charge in [0, 0.05) is 38.4 Å². The summed E-state index contributed by atoms with van der Waals surface area (Å²) in [6, 6.07) is 14.1. The molecule has 30 heavy (non-hydrogen) atoms. The first-order chi connectivity index (χ1) is 14.3. The number of benzene rings is 2. The summed E-state index contributed by atoms with van der Waals surface area (Å²) in [7, 11) is 2.12. The van der Waals surface area contributed by atoms with Crippen molar-refractivity contribution >= 4 is 17.5 Å². The number of anilines is 1. The number of rotatable bonds is 5. The summed E-state index contributed by atoms with van der Waals surface area (Å²) in [5.74, 6) is -1.25. The van der Waals surface area contributed by atoms with E-state index in [9.17, 15) is 9.59 Å². The van der Waals surface area contributed by atoms with Gasteiger partial charge in [-0.3, -0.25) is 14.5 Å². The quantitative estimate of drug-likeness (QED) is 0.747. The molecular formula is C24H32N4O2. The fourth-order valence-corrected chi connectivity index (χ4v) is 3.66. The Labute approximate surface area is 179 Å². The zero-order valence-corrected chi connectivity index (χ0v) is 18.4. The second-order valence-electron chi connectivity index (χ2n) is 8.23. The number of nitrogens with zero attached hydrogens (tertiary/aromatic N) is 2. The normalized spacial score (nSPS) is 16.1. The molecule has 0 aliphatic carbocycles. The first-order valence-electron chi connectivity index (χ1n) is 10.5. The molecule has 1 aliphatic rings. The Hall–Kier alpha value is -2.70. The van der Waals surface area contributed by atoms with E-state index in [1.54, 1.807) is 0 Å².